The highest BCUT2D eigenvalue weighted by Gasteiger charge is 2.32. The van der Waals surface area contributed by atoms with Gasteiger partial charge in [-0.2, -0.15) is 5.10 Å². The highest BCUT2D eigenvalue weighted by atomic mass is 32.2. The fourth-order valence-electron chi connectivity index (χ4n) is 2.31. The number of para-hydroxylation sites is 1. The van der Waals surface area contributed by atoms with Crippen molar-refractivity contribution in [1.29, 1.82) is 0 Å². The van der Waals surface area contributed by atoms with Crippen LogP contribution in [-0.4, -0.2) is 41.6 Å². The minimum absolute atomic E-state index is 0.0649. The van der Waals surface area contributed by atoms with Gasteiger partial charge in [-0.25, -0.2) is 17.9 Å². The van der Waals surface area contributed by atoms with E-state index in [0.717, 1.165) is 0 Å². The van der Waals surface area contributed by atoms with Crippen LogP contribution in [0.2, 0.25) is 0 Å². The van der Waals surface area contributed by atoms with Crippen LogP contribution in [0, 0.1) is 0 Å². The zero-order valence-electron chi connectivity index (χ0n) is 11.0. The van der Waals surface area contributed by atoms with Gasteiger partial charge in [0.25, 0.3) is 0 Å². The van der Waals surface area contributed by atoms with Crippen molar-refractivity contribution in [3.8, 4) is 5.69 Å². The molecule has 1 N–H and O–H groups in total. The van der Waals surface area contributed by atoms with Crippen molar-refractivity contribution in [2.24, 2.45) is 0 Å². The number of hydrogen-bond acceptors (Lipinski definition) is 4. The Bertz CT molecular complexity index is 783. The van der Waals surface area contributed by atoms with E-state index in [0.29, 0.717) is 18.7 Å². The first-order chi connectivity index (χ1) is 9.99. The molecular weight excluding hydrogens is 294 g/mol. The van der Waals surface area contributed by atoms with E-state index in [2.05, 4.69) is 5.10 Å². The predicted octanol–water partition coefficient (Wildman–Crippen LogP) is 1.11. The molecule has 1 saturated heterocycles. The van der Waals surface area contributed by atoms with Crippen molar-refractivity contribution in [1.82, 2.24) is 9.78 Å². The molecule has 1 fully saturated rings. The van der Waals surface area contributed by atoms with E-state index in [4.69, 9.17) is 5.11 Å². The van der Waals surface area contributed by atoms with Gasteiger partial charge < -0.3 is 5.11 Å². The maximum absolute atomic E-state index is 12.1. The monoisotopic (exact) mass is 307 g/mol. The van der Waals surface area contributed by atoms with Gasteiger partial charge in [0.2, 0.25) is 10.0 Å². The van der Waals surface area contributed by atoms with Crippen LogP contribution in [0.4, 0.5) is 5.82 Å². The molecule has 1 aromatic carbocycles. The number of rotatable bonds is 3. The summed E-state index contributed by atoms with van der Waals surface area (Å²) in [6.07, 6.45) is 0.519. The number of anilines is 1. The SMILES string of the molecule is O=C(O)c1cc(N2CCCS2(=O)=O)n(-c2ccccc2)n1. The Morgan fingerprint density at radius 1 is 1.24 bits per heavy atom. The van der Waals surface area contributed by atoms with E-state index in [1.807, 2.05) is 6.07 Å². The lowest BCUT2D eigenvalue weighted by Crippen LogP contribution is -2.27. The van der Waals surface area contributed by atoms with E-state index in [9.17, 15) is 13.2 Å². The summed E-state index contributed by atoms with van der Waals surface area (Å²) in [7, 11) is -3.40. The van der Waals surface area contributed by atoms with Crippen molar-refractivity contribution in [2.45, 2.75) is 6.42 Å². The molecule has 0 amide bonds. The second-order valence-corrected chi connectivity index (χ2v) is 6.69. The molecule has 0 bridgehead atoms. The summed E-state index contributed by atoms with van der Waals surface area (Å²) in [4.78, 5) is 11.1. The van der Waals surface area contributed by atoms with Gasteiger partial charge in [-0.3, -0.25) is 4.31 Å². The number of sulfonamides is 1. The molecule has 2 aromatic rings. The number of benzene rings is 1. The zero-order chi connectivity index (χ0) is 15.0. The molecule has 21 heavy (non-hydrogen) atoms. The molecule has 1 aliphatic rings. The van der Waals surface area contributed by atoms with Crippen molar-refractivity contribution >= 4 is 21.8 Å². The summed E-state index contributed by atoms with van der Waals surface area (Å²) in [6, 6.07) is 10.1. The third-order valence-corrected chi connectivity index (χ3v) is 5.11. The van der Waals surface area contributed by atoms with Gasteiger partial charge in [-0.05, 0) is 18.6 Å². The van der Waals surface area contributed by atoms with Gasteiger partial charge in [0.05, 0.1) is 11.4 Å². The second-order valence-electron chi connectivity index (χ2n) is 4.68. The van der Waals surface area contributed by atoms with Crippen LogP contribution in [0.15, 0.2) is 36.4 Å². The highest BCUT2D eigenvalue weighted by Crippen LogP contribution is 2.27. The van der Waals surface area contributed by atoms with E-state index in [1.165, 1.54) is 15.1 Å². The predicted molar refractivity (Wildman–Crippen MR) is 76.3 cm³/mol. The maximum Gasteiger partial charge on any atom is 0.356 e. The second kappa shape index (κ2) is 4.88. The van der Waals surface area contributed by atoms with Gasteiger partial charge in [0.1, 0.15) is 5.82 Å². The summed E-state index contributed by atoms with van der Waals surface area (Å²) in [5, 5.41) is 13.1. The normalized spacial score (nSPS) is 17.0. The van der Waals surface area contributed by atoms with Gasteiger partial charge in [-0.1, -0.05) is 18.2 Å². The van der Waals surface area contributed by atoms with Gasteiger partial charge in [0, 0.05) is 12.6 Å². The van der Waals surface area contributed by atoms with Crippen LogP contribution in [0.25, 0.3) is 5.69 Å². The Labute approximate surface area is 121 Å². The minimum atomic E-state index is -3.40. The van der Waals surface area contributed by atoms with Gasteiger partial charge in [0.15, 0.2) is 5.69 Å². The lowest BCUT2D eigenvalue weighted by atomic mass is 10.3. The number of carboxylic acid groups (broad SMARTS) is 1. The lowest BCUT2D eigenvalue weighted by Gasteiger charge is -2.17. The van der Waals surface area contributed by atoms with Crippen molar-refractivity contribution in [2.75, 3.05) is 16.6 Å². The van der Waals surface area contributed by atoms with Crippen LogP contribution in [0.3, 0.4) is 0 Å². The fraction of sp³-hybridized carbons (Fsp3) is 0.231. The zero-order valence-corrected chi connectivity index (χ0v) is 11.8. The number of carbonyl (C=O) groups is 1. The molecule has 1 aromatic heterocycles. The third-order valence-electron chi connectivity index (χ3n) is 3.27. The third kappa shape index (κ3) is 2.38. The van der Waals surface area contributed by atoms with E-state index < -0.39 is 16.0 Å². The van der Waals surface area contributed by atoms with Crippen molar-refractivity contribution in [3.05, 3.63) is 42.1 Å². The first kappa shape index (κ1) is 13.6. The molecule has 110 valence electrons. The molecule has 0 aliphatic carbocycles. The van der Waals surface area contributed by atoms with Crippen LogP contribution < -0.4 is 4.31 Å². The topological polar surface area (TPSA) is 92.5 Å². The Morgan fingerprint density at radius 3 is 2.52 bits per heavy atom. The molecule has 7 nitrogen and oxygen atoms in total. The minimum Gasteiger partial charge on any atom is -0.476 e. The number of aromatic nitrogens is 2. The lowest BCUT2D eigenvalue weighted by molar-refractivity contribution is 0.0690. The number of hydrogen-bond donors (Lipinski definition) is 1. The van der Waals surface area contributed by atoms with Crippen LogP contribution in [0.1, 0.15) is 16.9 Å². The van der Waals surface area contributed by atoms with Crippen LogP contribution >= 0.6 is 0 Å². The Hall–Kier alpha value is -2.35. The Morgan fingerprint density at radius 2 is 1.95 bits per heavy atom. The van der Waals surface area contributed by atoms with Crippen LogP contribution in [0.5, 0.6) is 0 Å². The van der Waals surface area contributed by atoms with Crippen molar-refractivity contribution in [3.63, 3.8) is 0 Å². The summed E-state index contributed by atoms with van der Waals surface area (Å²) in [5.74, 6) is -0.867. The smallest absolute Gasteiger partial charge is 0.356 e. The standard InChI is InChI=1S/C13H13N3O4S/c17-13(18)11-9-12(15-7-4-8-21(15,19)20)16(14-11)10-5-2-1-3-6-10/h1-3,5-6,9H,4,7-8H2,(H,17,18). The van der Waals surface area contributed by atoms with E-state index in [-0.39, 0.29) is 17.3 Å². The Kier molecular flexibility index (Phi) is 3.17. The molecule has 8 heteroatoms. The highest BCUT2D eigenvalue weighted by molar-refractivity contribution is 7.93. The summed E-state index contributed by atoms with van der Waals surface area (Å²) in [5.41, 5.74) is 0.429. The van der Waals surface area contributed by atoms with E-state index in [1.54, 1.807) is 24.3 Å². The maximum atomic E-state index is 12.1. The fourth-order valence-corrected chi connectivity index (χ4v) is 3.85. The first-order valence-corrected chi connectivity index (χ1v) is 7.99. The number of nitrogens with zero attached hydrogens (tertiary/aromatic N) is 3. The number of carboxylic acids is 1. The molecule has 0 radical (unpaired) electrons. The molecule has 0 spiro atoms. The molecular formula is C13H13N3O4S. The first-order valence-electron chi connectivity index (χ1n) is 6.38. The molecule has 3 rings (SSSR count). The van der Waals surface area contributed by atoms with Crippen molar-refractivity contribution < 1.29 is 18.3 Å². The van der Waals surface area contributed by atoms with E-state index >= 15 is 0 Å². The molecule has 2 heterocycles. The summed E-state index contributed by atoms with van der Waals surface area (Å²) in [6.45, 7) is 0.333. The molecule has 0 saturated carbocycles. The molecule has 0 unspecified atom stereocenters. The average Bonchev–Trinajstić information content (AvgIpc) is 3.02. The summed E-state index contributed by atoms with van der Waals surface area (Å²) >= 11 is 0. The number of aromatic carboxylic acids is 1. The molecule has 1 aliphatic heterocycles. The summed E-state index contributed by atoms with van der Waals surface area (Å²) < 4.78 is 26.7. The van der Waals surface area contributed by atoms with Gasteiger partial charge >= 0.3 is 5.97 Å². The van der Waals surface area contributed by atoms with Crippen LogP contribution in [-0.2, 0) is 10.0 Å². The quantitative estimate of drug-likeness (QED) is 0.917. The molecule has 0 atom stereocenters. The largest absolute Gasteiger partial charge is 0.476 e. The van der Waals surface area contributed by atoms with Gasteiger partial charge in [-0.15, -0.1) is 0 Å². The average molecular weight is 307 g/mol. The Balaban J connectivity index is 2.17.